The minimum atomic E-state index is 0. The van der Waals surface area contributed by atoms with Crippen LogP contribution in [-0.4, -0.2) is 9.59 Å². The Bertz CT molecular complexity index is 290. The third-order valence-corrected chi connectivity index (χ3v) is 1.86. The summed E-state index contributed by atoms with van der Waals surface area (Å²) in [5.41, 5.74) is 0.988. The Kier molecular flexibility index (Phi) is 2.34. The van der Waals surface area contributed by atoms with Crippen LogP contribution >= 0.6 is 28.5 Å². The number of halogens is 1. The number of fused-ring (bicyclic) bond motifs is 1. The molecule has 2 rings (SSSR count). The van der Waals surface area contributed by atoms with Gasteiger partial charge in [-0.15, -0.1) is 22.1 Å². The van der Waals surface area contributed by atoms with Crippen LogP contribution in [0.15, 0.2) is 24.3 Å². The molecule has 0 saturated carbocycles. The van der Waals surface area contributed by atoms with Crippen LogP contribution in [0.2, 0.25) is 0 Å². The van der Waals surface area contributed by atoms with Crippen molar-refractivity contribution in [1.82, 2.24) is 9.59 Å². The zero-order valence-corrected chi connectivity index (χ0v) is 7.55. The van der Waals surface area contributed by atoms with E-state index in [4.69, 9.17) is 0 Å². The van der Waals surface area contributed by atoms with E-state index in [1.54, 1.807) is 0 Å². The van der Waals surface area contributed by atoms with Crippen molar-refractivity contribution in [3.8, 4) is 0 Å². The molecule has 0 radical (unpaired) electrons. The zero-order chi connectivity index (χ0) is 6.10. The summed E-state index contributed by atoms with van der Waals surface area (Å²) in [6.07, 6.45) is 0. The number of benzene rings is 1. The standard InChI is InChI=1S/C6H4N2S.BrH/c1-2-4-6-5(3-1)7-8-9-6;/h1-4H;1H. The van der Waals surface area contributed by atoms with E-state index >= 15 is 0 Å². The number of rotatable bonds is 0. The summed E-state index contributed by atoms with van der Waals surface area (Å²) in [5, 5.41) is 3.89. The number of hydrogen-bond acceptors (Lipinski definition) is 3. The van der Waals surface area contributed by atoms with Gasteiger partial charge in [0.15, 0.2) is 0 Å². The van der Waals surface area contributed by atoms with Crippen molar-refractivity contribution >= 4 is 38.7 Å². The molecule has 1 heterocycles. The van der Waals surface area contributed by atoms with E-state index in [0.29, 0.717) is 0 Å². The van der Waals surface area contributed by atoms with Crippen LogP contribution in [0, 0.1) is 0 Å². The maximum absolute atomic E-state index is 3.89. The summed E-state index contributed by atoms with van der Waals surface area (Å²) in [4.78, 5) is 0. The Balaban J connectivity index is 0.000000500. The summed E-state index contributed by atoms with van der Waals surface area (Å²) >= 11 is 1.43. The fourth-order valence-corrected chi connectivity index (χ4v) is 1.28. The van der Waals surface area contributed by atoms with Crippen LogP contribution in [-0.2, 0) is 0 Å². The van der Waals surface area contributed by atoms with Crippen LogP contribution in [0.5, 0.6) is 0 Å². The van der Waals surface area contributed by atoms with E-state index in [-0.39, 0.29) is 17.0 Å². The van der Waals surface area contributed by atoms with Gasteiger partial charge in [0, 0.05) is 0 Å². The van der Waals surface area contributed by atoms with Crippen molar-refractivity contribution in [1.29, 1.82) is 0 Å². The Morgan fingerprint density at radius 1 is 1.20 bits per heavy atom. The van der Waals surface area contributed by atoms with Gasteiger partial charge in [-0.2, -0.15) is 0 Å². The van der Waals surface area contributed by atoms with E-state index < -0.39 is 0 Å². The van der Waals surface area contributed by atoms with Crippen LogP contribution in [0.3, 0.4) is 0 Å². The predicted molar refractivity (Wildman–Crippen MR) is 47.7 cm³/mol. The molecule has 0 aliphatic carbocycles. The second-order valence-electron chi connectivity index (χ2n) is 1.74. The van der Waals surface area contributed by atoms with Gasteiger partial charge in [-0.1, -0.05) is 16.6 Å². The van der Waals surface area contributed by atoms with Gasteiger partial charge in [0.1, 0.15) is 5.52 Å². The largest absolute Gasteiger partial charge is 0.138 e. The molecule has 1 aromatic carbocycles. The molecule has 0 bridgehead atoms. The van der Waals surface area contributed by atoms with E-state index in [2.05, 4.69) is 9.59 Å². The molecular weight excluding hydrogens is 212 g/mol. The Hall–Kier alpha value is -0.480. The second-order valence-corrected chi connectivity index (χ2v) is 2.53. The molecule has 0 spiro atoms. The van der Waals surface area contributed by atoms with Crippen LogP contribution < -0.4 is 0 Å². The van der Waals surface area contributed by atoms with Gasteiger partial charge in [0.25, 0.3) is 0 Å². The molecule has 10 heavy (non-hydrogen) atoms. The lowest BCUT2D eigenvalue weighted by molar-refractivity contribution is 1.20. The summed E-state index contributed by atoms with van der Waals surface area (Å²) in [6.45, 7) is 0. The summed E-state index contributed by atoms with van der Waals surface area (Å²) in [7, 11) is 0. The fraction of sp³-hybridized carbons (Fsp3) is 0. The van der Waals surface area contributed by atoms with Gasteiger partial charge in [0.05, 0.1) is 4.70 Å². The quantitative estimate of drug-likeness (QED) is 0.676. The van der Waals surface area contributed by atoms with Crippen molar-refractivity contribution in [2.24, 2.45) is 0 Å². The summed E-state index contributed by atoms with van der Waals surface area (Å²) in [5.74, 6) is 0. The third kappa shape index (κ3) is 1.17. The Morgan fingerprint density at radius 3 is 2.80 bits per heavy atom. The minimum Gasteiger partial charge on any atom is -0.138 e. The molecule has 2 nitrogen and oxygen atoms in total. The lowest BCUT2D eigenvalue weighted by atomic mass is 10.3. The average molecular weight is 217 g/mol. The summed E-state index contributed by atoms with van der Waals surface area (Å²) < 4.78 is 4.94. The molecule has 0 aliphatic rings. The van der Waals surface area contributed by atoms with Crippen molar-refractivity contribution in [2.45, 2.75) is 0 Å². The fourth-order valence-electron chi connectivity index (χ4n) is 0.725. The number of aromatic nitrogens is 2. The van der Waals surface area contributed by atoms with E-state index in [1.165, 1.54) is 11.5 Å². The minimum absolute atomic E-state index is 0. The highest BCUT2D eigenvalue weighted by molar-refractivity contribution is 8.93. The second kappa shape index (κ2) is 3.07. The van der Waals surface area contributed by atoms with Crippen molar-refractivity contribution in [2.75, 3.05) is 0 Å². The molecule has 0 unspecified atom stereocenters. The maximum Gasteiger partial charge on any atom is 0.105 e. The van der Waals surface area contributed by atoms with Crippen molar-refractivity contribution in [3.63, 3.8) is 0 Å². The van der Waals surface area contributed by atoms with Crippen LogP contribution in [0.1, 0.15) is 0 Å². The molecular formula is C6H5BrN2S. The first kappa shape index (κ1) is 7.63. The van der Waals surface area contributed by atoms with Gasteiger partial charge in [-0.05, 0) is 23.7 Å². The Labute approximate surface area is 72.8 Å². The summed E-state index contributed by atoms with van der Waals surface area (Å²) in [6, 6.07) is 7.92. The number of hydrogen-bond donors (Lipinski definition) is 0. The van der Waals surface area contributed by atoms with E-state index in [1.807, 2.05) is 24.3 Å². The topological polar surface area (TPSA) is 25.8 Å². The first-order valence-corrected chi connectivity index (χ1v) is 3.41. The van der Waals surface area contributed by atoms with Gasteiger partial charge >= 0.3 is 0 Å². The normalized spacial score (nSPS) is 9.20. The lowest BCUT2D eigenvalue weighted by Gasteiger charge is -1.78. The molecule has 0 amide bonds. The van der Waals surface area contributed by atoms with Crippen LogP contribution in [0.25, 0.3) is 10.2 Å². The molecule has 4 heteroatoms. The van der Waals surface area contributed by atoms with E-state index in [0.717, 1.165) is 10.2 Å². The zero-order valence-electron chi connectivity index (χ0n) is 5.02. The molecule has 1 aromatic heterocycles. The average Bonchev–Trinajstić information content (AvgIpc) is 2.33. The molecule has 0 atom stereocenters. The molecule has 0 saturated heterocycles. The molecule has 52 valence electrons. The maximum atomic E-state index is 3.89. The predicted octanol–water partition coefficient (Wildman–Crippen LogP) is 2.27. The number of nitrogens with zero attached hydrogens (tertiary/aromatic N) is 2. The molecule has 0 N–H and O–H groups in total. The van der Waals surface area contributed by atoms with Crippen molar-refractivity contribution in [3.05, 3.63) is 24.3 Å². The lowest BCUT2D eigenvalue weighted by Crippen LogP contribution is -1.63. The molecule has 0 aliphatic heterocycles. The smallest absolute Gasteiger partial charge is 0.105 e. The Morgan fingerprint density at radius 2 is 2.00 bits per heavy atom. The highest BCUT2D eigenvalue weighted by Crippen LogP contribution is 2.12. The monoisotopic (exact) mass is 216 g/mol. The van der Waals surface area contributed by atoms with Gasteiger partial charge in [0.2, 0.25) is 0 Å². The van der Waals surface area contributed by atoms with Gasteiger partial charge in [-0.25, -0.2) is 0 Å². The third-order valence-electron chi connectivity index (χ3n) is 1.15. The molecule has 2 aromatic rings. The van der Waals surface area contributed by atoms with E-state index in [9.17, 15) is 0 Å². The highest BCUT2D eigenvalue weighted by atomic mass is 79.9. The van der Waals surface area contributed by atoms with Gasteiger partial charge in [-0.3, -0.25) is 0 Å². The first-order chi connectivity index (χ1) is 4.47. The first-order valence-electron chi connectivity index (χ1n) is 2.64. The van der Waals surface area contributed by atoms with Gasteiger partial charge < -0.3 is 0 Å². The van der Waals surface area contributed by atoms with Crippen molar-refractivity contribution < 1.29 is 0 Å². The molecule has 0 fully saturated rings. The SMILES string of the molecule is Br.c1ccc2snnc2c1. The highest BCUT2D eigenvalue weighted by Gasteiger charge is 1.91. The van der Waals surface area contributed by atoms with Crippen LogP contribution in [0.4, 0.5) is 0 Å².